The number of amides is 3. The van der Waals surface area contributed by atoms with Crippen molar-refractivity contribution >= 4 is 11.9 Å². The van der Waals surface area contributed by atoms with Gasteiger partial charge in [0.25, 0.3) is 0 Å². The van der Waals surface area contributed by atoms with Gasteiger partial charge in [0, 0.05) is 19.7 Å². The highest BCUT2D eigenvalue weighted by atomic mass is 16.3. The van der Waals surface area contributed by atoms with E-state index in [0.717, 1.165) is 0 Å². The fraction of sp³-hybridized carbons (Fsp3) is 0.833. The zero-order valence-electron chi connectivity index (χ0n) is 11.7. The summed E-state index contributed by atoms with van der Waals surface area (Å²) in [4.78, 5) is 22.8. The largest absolute Gasteiger partial charge is 0.396 e. The van der Waals surface area contributed by atoms with Crippen molar-refractivity contribution in [3.8, 4) is 0 Å². The molecule has 0 aliphatic heterocycles. The molecule has 0 aliphatic rings. The van der Waals surface area contributed by atoms with Crippen LogP contribution in [0.3, 0.4) is 0 Å². The molecule has 6 heteroatoms. The molecule has 18 heavy (non-hydrogen) atoms. The van der Waals surface area contributed by atoms with Gasteiger partial charge in [0.2, 0.25) is 5.91 Å². The number of imide groups is 1. The Morgan fingerprint density at radius 3 is 2.44 bits per heavy atom. The second-order valence-corrected chi connectivity index (χ2v) is 5.09. The molecule has 4 N–H and O–H groups in total. The van der Waals surface area contributed by atoms with Gasteiger partial charge in [0.05, 0.1) is 6.04 Å². The van der Waals surface area contributed by atoms with Crippen molar-refractivity contribution in [2.24, 2.45) is 5.41 Å². The van der Waals surface area contributed by atoms with Crippen molar-refractivity contribution in [3.05, 3.63) is 0 Å². The van der Waals surface area contributed by atoms with Crippen molar-refractivity contribution in [3.63, 3.8) is 0 Å². The first kappa shape index (κ1) is 16.9. The van der Waals surface area contributed by atoms with E-state index in [1.165, 1.54) is 0 Å². The summed E-state index contributed by atoms with van der Waals surface area (Å²) in [5, 5.41) is 16.7. The lowest BCUT2D eigenvalue weighted by Crippen LogP contribution is -2.49. The van der Waals surface area contributed by atoms with E-state index in [2.05, 4.69) is 16.0 Å². The van der Waals surface area contributed by atoms with Gasteiger partial charge in [-0.25, -0.2) is 4.79 Å². The van der Waals surface area contributed by atoms with Crippen molar-refractivity contribution in [1.29, 1.82) is 0 Å². The van der Waals surface area contributed by atoms with Crippen molar-refractivity contribution in [2.75, 3.05) is 19.7 Å². The number of nitrogens with one attached hydrogen (secondary N) is 3. The van der Waals surface area contributed by atoms with E-state index in [4.69, 9.17) is 5.11 Å². The van der Waals surface area contributed by atoms with Gasteiger partial charge in [-0.05, 0) is 25.7 Å². The number of carbonyl (C=O) groups is 2. The maximum absolute atomic E-state index is 11.6. The average molecular weight is 259 g/mol. The summed E-state index contributed by atoms with van der Waals surface area (Å²) in [5.74, 6) is -0.360. The first-order chi connectivity index (χ1) is 8.32. The molecule has 0 saturated heterocycles. The smallest absolute Gasteiger partial charge is 0.321 e. The molecule has 0 aromatic heterocycles. The van der Waals surface area contributed by atoms with Crippen molar-refractivity contribution in [1.82, 2.24) is 16.0 Å². The molecule has 6 nitrogen and oxygen atoms in total. The monoisotopic (exact) mass is 259 g/mol. The lowest BCUT2D eigenvalue weighted by molar-refractivity contribution is -0.121. The summed E-state index contributed by atoms with van der Waals surface area (Å²) < 4.78 is 0. The van der Waals surface area contributed by atoms with E-state index in [1.54, 1.807) is 13.8 Å². The Kier molecular flexibility index (Phi) is 7.54. The molecule has 0 aromatic carbocycles. The van der Waals surface area contributed by atoms with E-state index in [9.17, 15) is 9.59 Å². The molecule has 106 valence electrons. The van der Waals surface area contributed by atoms with Crippen LogP contribution in [0.1, 0.15) is 34.1 Å². The summed E-state index contributed by atoms with van der Waals surface area (Å²) in [6.45, 7) is 8.68. The normalized spacial score (nSPS) is 12.9. The first-order valence-corrected chi connectivity index (χ1v) is 6.25. The van der Waals surface area contributed by atoms with Gasteiger partial charge in [0.1, 0.15) is 0 Å². The van der Waals surface area contributed by atoms with Crippen LogP contribution in [0.15, 0.2) is 0 Å². The van der Waals surface area contributed by atoms with Gasteiger partial charge >= 0.3 is 6.03 Å². The molecule has 0 spiro atoms. The van der Waals surface area contributed by atoms with E-state index in [-0.39, 0.29) is 17.9 Å². The molecule has 0 fully saturated rings. The minimum absolute atomic E-state index is 0.0883. The quantitative estimate of drug-likeness (QED) is 0.526. The SMILES string of the molecule is CCNC(=O)NC(=O)C(C)NCC(C)(C)CCO. The van der Waals surface area contributed by atoms with Crippen LogP contribution in [0.2, 0.25) is 0 Å². The molecule has 1 atom stereocenters. The summed E-state index contributed by atoms with van der Waals surface area (Å²) in [6.07, 6.45) is 0.657. The van der Waals surface area contributed by atoms with Crippen molar-refractivity contribution in [2.45, 2.75) is 40.2 Å². The van der Waals surface area contributed by atoms with Gasteiger partial charge in [-0.3, -0.25) is 10.1 Å². The Bertz CT molecular complexity index is 280. The zero-order valence-corrected chi connectivity index (χ0v) is 11.7. The molecule has 3 amide bonds. The van der Waals surface area contributed by atoms with Gasteiger partial charge < -0.3 is 15.7 Å². The van der Waals surface area contributed by atoms with Gasteiger partial charge in [0.15, 0.2) is 0 Å². The predicted molar refractivity (Wildman–Crippen MR) is 70.2 cm³/mol. The molecule has 1 unspecified atom stereocenters. The number of hydrogen-bond donors (Lipinski definition) is 4. The minimum atomic E-state index is -0.481. The number of aliphatic hydroxyl groups excluding tert-OH is 1. The number of urea groups is 1. The summed E-state index contributed by atoms with van der Waals surface area (Å²) in [7, 11) is 0. The number of rotatable bonds is 7. The maximum atomic E-state index is 11.6. The van der Waals surface area contributed by atoms with E-state index in [0.29, 0.717) is 19.5 Å². The topological polar surface area (TPSA) is 90.5 Å². The van der Waals surface area contributed by atoms with Gasteiger partial charge in [-0.1, -0.05) is 13.8 Å². The summed E-state index contributed by atoms with van der Waals surface area (Å²) in [6, 6.07) is -0.934. The van der Waals surface area contributed by atoms with Crippen LogP contribution >= 0.6 is 0 Å². The predicted octanol–water partition coefficient (Wildman–Crippen LogP) is 0.219. The highest BCUT2D eigenvalue weighted by Crippen LogP contribution is 2.18. The molecule has 0 rings (SSSR count). The Hall–Kier alpha value is -1.14. The molecule has 0 bridgehead atoms. The third-order valence-electron chi connectivity index (χ3n) is 2.64. The Labute approximate surface area is 109 Å². The van der Waals surface area contributed by atoms with E-state index < -0.39 is 12.1 Å². The molecular formula is C12H25N3O3. The van der Waals surface area contributed by atoms with Gasteiger partial charge in [-0.2, -0.15) is 0 Å². The number of hydrogen-bond acceptors (Lipinski definition) is 4. The molecule has 0 heterocycles. The lowest BCUT2D eigenvalue weighted by atomic mass is 9.89. The fourth-order valence-electron chi connectivity index (χ4n) is 1.34. The van der Waals surface area contributed by atoms with E-state index in [1.807, 2.05) is 13.8 Å². The van der Waals surface area contributed by atoms with Crippen molar-refractivity contribution < 1.29 is 14.7 Å². The van der Waals surface area contributed by atoms with Crippen LogP contribution < -0.4 is 16.0 Å². The number of carbonyl (C=O) groups excluding carboxylic acids is 2. The molecular weight excluding hydrogens is 234 g/mol. The first-order valence-electron chi connectivity index (χ1n) is 6.25. The molecule has 0 aliphatic carbocycles. The van der Waals surface area contributed by atoms with Crippen LogP contribution in [-0.2, 0) is 4.79 Å². The molecule has 0 aromatic rings. The van der Waals surface area contributed by atoms with Crippen LogP contribution in [0.4, 0.5) is 4.79 Å². The maximum Gasteiger partial charge on any atom is 0.321 e. The minimum Gasteiger partial charge on any atom is -0.396 e. The Morgan fingerprint density at radius 2 is 1.94 bits per heavy atom. The molecule has 0 radical (unpaired) electrons. The second kappa shape index (κ2) is 8.05. The van der Waals surface area contributed by atoms with Crippen LogP contribution in [0.5, 0.6) is 0 Å². The average Bonchev–Trinajstić information content (AvgIpc) is 2.26. The Morgan fingerprint density at radius 1 is 1.33 bits per heavy atom. The lowest BCUT2D eigenvalue weighted by Gasteiger charge is -2.26. The van der Waals surface area contributed by atoms with Gasteiger partial charge in [-0.15, -0.1) is 0 Å². The van der Waals surface area contributed by atoms with E-state index >= 15 is 0 Å². The second-order valence-electron chi connectivity index (χ2n) is 5.09. The summed E-state index contributed by atoms with van der Waals surface area (Å²) in [5.41, 5.74) is -0.0883. The summed E-state index contributed by atoms with van der Waals surface area (Å²) >= 11 is 0. The fourth-order valence-corrected chi connectivity index (χ4v) is 1.34. The highest BCUT2D eigenvalue weighted by Gasteiger charge is 2.21. The third-order valence-corrected chi connectivity index (χ3v) is 2.64. The zero-order chi connectivity index (χ0) is 14.2. The standard InChI is InChI=1S/C12H25N3O3/c1-5-13-11(18)15-10(17)9(2)14-8-12(3,4)6-7-16/h9,14,16H,5-8H2,1-4H3,(H2,13,15,17,18). The third kappa shape index (κ3) is 7.24. The van der Waals surface area contributed by atoms with Crippen LogP contribution in [0.25, 0.3) is 0 Å². The van der Waals surface area contributed by atoms with Crippen LogP contribution in [-0.4, -0.2) is 42.8 Å². The molecule has 0 saturated carbocycles. The number of aliphatic hydroxyl groups is 1. The Balaban J connectivity index is 4.05. The van der Waals surface area contributed by atoms with Crippen LogP contribution in [0, 0.1) is 5.41 Å². The highest BCUT2D eigenvalue weighted by molar-refractivity contribution is 5.96.